The van der Waals surface area contributed by atoms with Crippen LogP contribution in [0.25, 0.3) is 10.8 Å². The summed E-state index contributed by atoms with van der Waals surface area (Å²) in [6.07, 6.45) is 10.5. The Kier molecular flexibility index (Phi) is 5.11. The summed E-state index contributed by atoms with van der Waals surface area (Å²) in [5.41, 5.74) is 3.66. The molecule has 5 nitrogen and oxygen atoms in total. The highest BCUT2D eigenvalue weighted by atomic mass is 16.5. The number of methoxy groups -OCH3 is 1. The summed E-state index contributed by atoms with van der Waals surface area (Å²) in [5, 5.41) is 2.35. The van der Waals surface area contributed by atoms with Crippen LogP contribution in [0.2, 0.25) is 0 Å². The molecule has 0 amide bonds. The van der Waals surface area contributed by atoms with E-state index in [1.165, 1.54) is 50.0 Å². The summed E-state index contributed by atoms with van der Waals surface area (Å²) in [7, 11) is 1.43. The number of ether oxygens (including phenoxy) is 1. The van der Waals surface area contributed by atoms with Crippen LogP contribution in [-0.2, 0) is 11.2 Å². The highest BCUT2D eigenvalue weighted by Crippen LogP contribution is 2.40. The van der Waals surface area contributed by atoms with Gasteiger partial charge in [-0.25, -0.2) is 9.78 Å². The highest BCUT2D eigenvalue weighted by Gasteiger charge is 2.26. The Morgan fingerprint density at radius 3 is 2.70 bits per heavy atom. The first kappa shape index (κ1) is 19.0. The van der Waals surface area contributed by atoms with E-state index in [0.29, 0.717) is 17.9 Å². The first-order valence-electron chi connectivity index (χ1n) is 10.9. The number of anilines is 1. The maximum atomic E-state index is 12.5. The van der Waals surface area contributed by atoms with Crippen molar-refractivity contribution in [1.82, 2.24) is 9.97 Å². The van der Waals surface area contributed by atoms with Gasteiger partial charge in [0, 0.05) is 37.3 Å². The first-order valence-corrected chi connectivity index (χ1v) is 10.9. The molecule has 30 heavy (non-hydrogen) atoms. The van der Waals surface area contributed by atoms with Crippen molar-refractivity contribution in [1.29, 1.82) is 0 Å². The number of pyridine rings is 2. The second-order valence-electron chi connectivity index (χ2n) is 8.40. The van der Waals surface area contributed by atoms with Gasteiger partial charge in [0.15, 0.2) is 0 Å². The van der Waals surface area contributed by atoms with Crippen molar-refractivity contribution in [3.05, 3.63) is 65.1 Å². The molecule has 154 valence electrons. The third-order valence-electron chi connectivity index (χ3n) is 6.33. The number of piperidine rings is 1. The molecular formula is C25H27N3O2. The van der Waals surface area contributed by atoms with Gasteiger partial charge in [0.25, 0.3) is 0 Å². The number of carbonyl (C=O) groups is 1. The van der Waals surface area contributed by atoms with E-state index >= 15 is 0 Å². The minimum atomic E-state index is -0.309. The largest absolute Gasteiger partial charge is 0.465 e. The normalized spacial score (nSPS) is 16.6. The maximum absolute atomic E-state index is 12.5. The zero-order valence-electron chi connectivity index (χ0n) is 17.4. The summed E-state index contributed by atoms with van der Waals surface area (Å²) in [6.45, 7) is 2.13. The third-order valence-corrected chi connectivity index (χ3v) is 6.33. The van der Waals surface area contributed by atoms with Gasteiger partial charge in [-0.05, 0) is 66.7 Å². The quantitative estimate of drug-likeness (QED) is 0.571. The van der Waals surface area contributed by atoms with Crippen molar-refractivity contribution in [3.8, 4) is 0 Å². The van der Waals surface area contributed by atoms with Crippen LogP contribution in [0.5, 0.6) is 0 Å². The van der Waals surface area contributed by atoms with Crippen molar-refractivity contribution >= 4 is 22.6 Å². The van der Waals surface area contributed by atoms with Crippen LogP contribution in [0, 0.1) is 0 Å². The van der Waals surface area contributed by atoms with Crippen LogP contribution < -0.4 is 4.90 Å². The second-order valence-corrected chi connectivity index (χ2v) is 8.40. The van der Waals surface area contributed by atoms with E-state index in [4.69, 9.17) is 14.7 Å². The lowest BCUT2D eigenvalue weighted by Crippen LogP contribution is -2.30. The summed E-state index contributed by atoms with van der Waals surface area (Å²) in [6, 6.07) is 10.4. The lowest BCUT2D eigenvalue weighted by molar-refractivity contribution is 0.0599. The topological polar surface area (TPSA) is 55.3 Å². The number of benzene rings is 1. The molecule has 3 heterocycles. The molecule has 1 saturated heterocycles. The molecule has 2 fully saturated rings. The van der Waals surface area contributed by atoms with E-state index in [2.05, 4.69) is 29.2 Å². The zero-order chi connectivity index (χ0) is 20.5. The Bertz CT molecular complexity index is 1080. The summed E-state index contributed by atoms with van der Waals surface area (Å²) in [5.74, 6) is 1.31. The Morgan fingerprint density at radius 1 is 1.10 bits per heavy atom. The first-order chi connectivity index (χ1) is 14.7. The number of fused-ring (bicyclic) bond motifs is 1. The van der Waals surface area contributed by atoms with E-state index in [-0.39, 0.29) is 5.97 Å². The number of nitrogens with zero attached hydrogens (tertiary/aromatic N) is 3. The number of esters is 1. The molecule has 0 unspecified atom stereocenters. The van der Waals surface area contributed by atoms with Gasteiger partial charge in [0.1, 0.15) is 5.82 Å². The minimum absolute atomic E-state index is 0.309. The van der Waals surface area contributed by atoms with Crippen molar-refractivity contribution in [2.45, 2.75) is 44.4 Å². The monoisotopic (exact) mass is 401 g/mol. The molecule has 5 rings (SSSR count). The summed E-state index contributed by atoms with van der Waals surface area (Å²) in [4.78, 5) is 24.3. The molecule has 0 bridgehead atoms. The van der Waals surface area contributed by atoms with E-state index in [1.807, 2.05) is 18.5 Å². The summed E-state index contributed by atoms with van der Waals surface area (Å²) < 4.78 is 5.06. The standard InChI is InChI=1S/C25H27N3O2/c1-30-25(29)22-14-19(17-8-9-17)16-27-23(22)15-18-6-5-7-21-20(18)10-11-26-24(21)28-12-3-2-4-13-28/h5-7,10-11,14,16-17H,2-4,8-9,12-13,15H2,1H3. The molecule has 1 saturated carbocycles. The van der Waals surface area contributed by atoms with E-state index in [9.17, 15) is 4.79 Å². The van der Waals surface area contributed by atoms with Crippen molar-refractivity contribution < 1.29 is 9.53 Å². The van der Waals surface area contributed by atoms with Crippen molar-refractivity contribution in [2.75, 3.05) is 25.1 Å². The molecule has 2 aliphatic rings. The molecule has 3 aromatic rings. The molecule has 2 aromatic heterocycles. The van der Waals surface area contributed by atoms with Gasteiger partial charge in [0.05, 0.1) is 18.4 Å². The maximum Gasteiger partial charge on any atom is 0.339 e. The zero-order valence-corrected chi connectivity index (χ0v) is 17.4. The minimum Gasteiger partial charge on any atom is -0.465 e. The van der Waals surface area contributed by atoms with Gasteiger partial charge in [-0.3, -0.25) is 4.98 Å². The number of rotatable bonds is 5. The van der Waals surface area contributed by atoms with Gasteiger partial charge in [-0.15, -0.1) is 0 Å². The predicted octanol–water partition coefficient (Wildman–Crippen LogP) is 4.87. The van der Waals surface area contributed by atoms with Crippen LogP contribution in [-0.4, -0.2) is 36.1 Å². The van der Waals surface area contributed by atoms with Crippen LogP contribution in [0.3, 0.4) is 0 Å². The number of hydrogen-bond acceptors (Lipinski definition) is 5. The van der Waals surface area contributed by atoms with Crippen LogP contribution in [0.1, 0.15) is 65.2 Å². The van der Waals surface area contributed by atoms with E-state index in [0.717, 1.165) is 35.7 Å². The van der Waals surface area contributed by atoms with Gasteiger partial charge < -0.3 is 9.64 Å². The lowest BCUT2D eigenvalue weighted by Gasteiger charge is -2.28. The van der Waals surface area contributed by atoms with Gasteiger partial charge in [0.2, 0.25) is 0 Å². The van der Waals surface area contributed by atoms with E-state index < -0.39 is 0 Å². The number of carbonyl (C=O) groups excluding carboxylic acids is 1. The van der Waals surface area contributed by atoms with Crippen molar-refractivity contribution in [3.63, 3.8) is 0 Å². The Balaban J connectivity index is 1.53. The average Bonchev–Trinajstić information content (AvgIpc) is 3.65. The lowest BCUT2D eigenvalue weighted by atomic mass is 9.98. The number of aromatic nitrogens is 2. The van der Waals surface area contributed by atoms with E-state index in [1.54, 1.807) is 0 Å². The second kappa shape index (κ2) is 8.05. The fraction of sp³-hybridized carbons (Fsp3) is 0.400. The average molecular weight is 402 g/mol. The van der Waals surface area contributed by atoms with Gasteiger partial charge in [-0.1, -0.05) is 18.2 Å². The number of hydrogen-bond donors (Lipinski definition) is 0. The van der Waals surface area contributed by atoms with Crippen LogP contribution in [0.15, 0.2) is 42.7 Å². The molecule has 0 N–H and O–H groups in total. The molecule has 1 aliphatic carbocycles. The Hall–Kier alpha value is -2.95. The highest BCUT2D eigenvalue weighted by molar-refractivity contribution is 5.95. The molecule has 0 atom stereocenters. The Labute approximate surface area is 177 Å². The molecule has 1 aliphatic heterocycles. The molecule has 0 spiro atoms. The Morgan fingerprint density at radius 2 is 1.93 bits per heavy atom. The SMILES string of the molecule is COC(=O)c1cc(C2CC2)cnc1Cc1cccc2c(N3CCCCC3)nccc12. The fourth-order valence-electron chi connectivity index (χ4n) is 4.53. The van der Waals surface area contributed by atoms with Gasteiger partial charge in [-0.2, -0.15) is 0 Å². The smallest absolute Gasteiger partial charge is 0.339 e. The molecule has 5 heteroatoms. The summed E-state index contributed by atoms with van der Waals surface area (Å²) >= 11 is 0. The third kappa shape index (κ3) is 3.64. The molecule has 1 aromatic carbocycles. The predicted molar refractivity (Wildman–Crippen MR) is 118 cm³/mol. The van der Waals surface area contributed by atoms with Crippen LogP contribution >= 0.6 is 0 Å². The molecule has 0 radical (unpaired) electrons. The van der Waals surface area contributed by atoms with Crippen molar-refractivity contribution in [2.24, 2.45) is 0 Å². The van der Waals surface area contributed by atoms with Crippen LogP contribution in [0.4, 0.5) is 5.82 Å². The molecular weight excluding hydrogens is 374 g/mol. The fourth-order valence-corrected chi connectivity index (χ4v) is 4.53. The van der Waals surface area contributed by atoms with Gasteiger partial charge >= 0.3 is 5.97 Å².